The molecule has 0 aliphatic carbocycles. The number of aromatic nitrogens is 1. The fourth-order valence-electron chi connectivity index (χ4n) is 3.08. The number of anilines is 1. The van der Waals surface area contributed by atoms with Crippen molar-refractivity contribution in [1.29, 1.82) is 0 Å². The monoisotopic (exact) mass is 343 g/mol. The fourth-order valence-corrected chi connectivity index (χ4v) is 3.08. The molecule has 1 aromatic carbocycles. The maximum Gasteiger partial charge on any atom is 0.261 e. The SMILES string of the molecule is CN(C)c1cc([C@@H]2CCCN2C(=O)COc2ccccc2F)ccn1. The Morgan fingerprint density at radius 3 is 2.92 bits per heavy atom. The minimum Gasteiger partial charge on any atom is -0.481 e. The highest BCUT2D eigenvalue weighted by atomic mass is 19.1. The summed E-state index contributed by atoms with van der Waals surface area (Å²) in [6, 6.07) is 10.1. The van der Waals surface area contributed by atoms with Gasteiger partial charge in [-0.2, -0.15) is 0 Å². The highest BCUT2D eigenvalue weighted by Gasteiger charge is 2.30. The lowest BCUT2D eigenvalue weighted by molar-refractivity contribution is -0.134. The maximum absolute atomic E-state index is 13.6. The van der Waals surface area contributed by atoms with Crippen LogP contribution in [0.5, 0.6) is 5.75 Å². The number of likely N-dealkylation sites (tertiary alicyclic amines) is 1. The Bertz CT molecular complexity index is 751. The van der Waals surface area contributed by atoms with E-state index >= 15 is 0 Å². The first-order chi connectivity index (χ1) is 12.1. The number of halogens is 1. The first kappa shape index (κ1) is 17.2. The summed E-state index contributed by atoms with van der Waals surface area (Å²) in [5.74, 6) is 0.372. The lowest BCUT2D eigenvalue weighted by atomic mass is 10.1. The van der Waals surface area contributed by atoms with E-state index in [1.165, 1.54) is 12.1 Å². The number of para-hydroxylation sites is 1. The van der Waals surface area contributed by atoms with E-state index < -0.39 is 5.82 Å². The molecule has 1 aliphatic heterocycles. The number of hydrogen-bond donors (Lipinski definition) is 0. The van der Waals surface area contributed by atoms with Crippen molar-refractivity contribution < 1.29 is 13.9 Å². The Balaban J connectivity index is 1.70. The van der Waals surface area contributed by atoms with Gasteiger partial charge in [0.25, 0.3) is 5.91 Å². The quantitative estimate of drug-likeness (QED) is 0.837. The van der Waals surface area contributed by atoms with Crippen molar-refractivity contribution in [3.8, 4) is 5.75 Å². The molecule has 25 heavy (non-hydrogen) atoms. The average molecular weight is 343 g/mol. The van der Waals surface area contributed by atoms with Gasteiger partial charge in [0, 0.05) is 26.8 Å². The van der Waals surface area contributed by atoms with Crippen LogP contribution in [-0.4, -0.2) is 43.0 Å². The summed E-state index contributed by atoms with van der Waals surface area (Å²) < 4.78 is 19.0. The zero-order valence-corrected chi connectivity index (χ0v) is 14.5. The number of hydrogen-bond acceptors (Lipinski definition) is 4. The largest absolute Gasteiger partial charge is 0.481 e. The van der Waals surface area contributed by atoms with E-state index in [1.54, 1.807) is 18.3 Å². The minimum atomic E-state index is -0.460. The molecule has 1 aliphatic rings. The second kappa shape index (κ2) is 7.51. The zero-order chi connectivity index (χ0) is 17.8. The van der Waals surface area contributed by atoms with E-state index in [2.05, 4.69) is 4.98 Å². The fraction of sp³-hybridized carbons (Fsp3) is 0.368. The molecule has 6 heteroatoms. The predicted octanol–water partition coefficient (Wildman–Crippen LogP) is 3.03. The van der Waals surface area contributed by atoms with Gasteiger partial charge in [0.2, 0.25) is 0 Å². The molecule has 132 valence electrons. The summed E-state index contributed by atoms with van der Waals surface area (Å²) in [6.07, 6.45) is 3.61. The third-order valence-electron chi connectivity index (χ3n) is 4.37. The smallest absolute Gasteiger partial charge is 0.261 e. The van der Waals surface area contributed by atoms with E-state index in [4.69, 9.17) is 4.74 Å². The van der Waals surface area contributed by atoms with E-state index in [0.717, 1.165) is 24.2 Å². The van der Waals surface area contributed by atoms with Gasteiger partial charge in [-0.25, -0.2) is 9.37 Å². The molecule has 1 saturated heterocycles. The molecular formula is C19H22FN3O2. The number of carbonyl (C=O) groups excluding carboxylic acids is 1. The molecule has 2 aromatic rings. The van der Waals surface area contributed by atoms with Crippen LogP contribution >= 0.6 is 0 Å². The molecule has 1 amide bonds. The molecule has 0 spiro atoms. The predicted molar refractivity (Wildman–Crippen MR) is 94.1 cm³/mol. The van der Waals surface area contributed by atoms with Crippen molar-refractivity contribution in [3.63, 3.8) is 0 Å². The Labute approximate surface area is 147 Å². The van der Waals surface area contributed by atoms with Crippen molar-refractivity contribution in [2.24, 2.45) is 0 Å². The van der Waals surface area contributed by atoms with E-state index in [-0.39, 0.29) is 24.3 Å². The van der Waals surface area contributed by atoms with Gasteiger partial charge in [0.05, 0.1) is 6.04 Å². The van der Waals surface area contributed by atoms with Crippen LogP contribution in [0.4, 0.5) is 10.2 Å². The van der Waals surface area contributed by atoms with E-state index in [9.17, 15) is 9.18 Å². The molecule has 0 bridgehead atoms. The van der Waals surface area contributed by atoms with Gasteiger partial charge in [-0.15, -0.1) is 0 Å². The van der Waals surface area contributed by atoms with Crippen molar-refractivity contribution >= 4 is 11.7 Å². The first-order valence-corrected chi connectivity index (χ1v) is 8.36. The van der Waals surface area contributed by atoms with Crippen LogP contribution in [-0.2, 0) is 4.79 Å². The molecule has 2 heterocycles. The summed E-state index contributed by atoms with van der Waals surface area (Å²) in [7, 11) is 3.87. The standard InChI is InChI=1S/C19H22FN3O2/c1-22(2)18-12-14(9-10-21-18)16-7-5-11-23(16)19(24)13-25-17-8-4-3-6-15(17)20/h3-4,6,8-10,12,16H,5,7,11,13H2,1-2H3/t16-/m0/s1. The number of ether oxygens (including phenoxy) is 1. The average Bonchev–Trinajstić information content (AvgIpc) is 3.11. The number of benzene rings is 1. The summed E-state index contributed by atoms with van der Waals surface area (Å²) in [6.45, 7) is 0.521. The first-order valence-electron chi connectivity index (χ1n) is 8.36. The number of pyridine rings is 1. The van der Waals surface area contributed by atoms with Crippen LogP contribution in [0.3, 0.4) is 0 Å². The van der Waals surface area contributed by atoms with Crippen LogP contribution < -0.4 is 9.64 Å². The highest BCUT2D eigenvalue weighted by Crippen LogP contribution is 2.33. The molecule has 5 nitrogen and oxygen atoms in total. The summed E-state index contributed by atoms with van der Waals surface area (Å²) >= 11 is 0. The summed E-state index contributed by atoms with van der Waals surface area (Å²) in [5.41, 5.74) is 1.07. The Morgan fingerprint density at radius 1 is 1.36 bits per heavy atom. The molecule has 0 saturated carbocycles. The van der Waals surface area contributed by atoms with Crippen LogP contribution in [0, 0.1) is 5.82 Å². The molecule has 0 N–H and O–H groups in total. The number of amides is 1. The molecule has 0 unspecified atom stereocenters. The zero-order valence-electron chi connectivity index (χ0n) is 14.5. The van der Waals surface area contributed by atoms with Gasteiger partial charge in [0.1, 0.15) is 5.82 Å². The Kier molecular flexibility index (Phi) is 5.16. The van der Waals surface area contributed by atoms with Crippen LogP contribution in [0.15, 0.2) is 42.6 Å². The maximum atomic E-state index is 13.6. The Morgan fingerprint density at radius 2 is 2.16 bits per heavy atom. The number of carbonyl (C=O) groups is 1. The molecular weight excluding hydrogens is 321 g/mol. The number of nitrogens with zero attached hydrogens (tertiary/aromatic N) is 3. The van der Waals surface area contributed by atoms with E-state index in [0.29, 0.717) is 6.54 Å². The second-order valence-corrected chi connectivity index (χ2v) is 6.31. The topological polar surface area (TPSA) is 45.7 Å². The molecule has 3 rings (SSSR count). The summed E-state index contributed by atoms with van der Waals surface area (Å²) in [4.78, 5) is 20.7. The van der Waals surface area contributed by atoms with Crippen LogP contribution in [0.25, 0.3) is 0 Å². The third kappa shape index (κ3) is 3.90. The third-order valence-corrected chi connectivity index (χ3v) is 4.37. The van der Waals surface area contributed by atoms with Gasteiger partial charge < -0.3 is 14.5 Å². The Hall–Kier alpha value is -2.63. The molecule has 1 atom stereocenters. The summed E-state index contributed by atoms with van der Waals surface area (Å²) in [5, 5.41) is 0. The van der Waals surface area contributed by atoms with E-state index in [1.807, 2.05) is 36.0 Å². The van der Waals surface area contributed by atoms with Gasteiger partial charge in [0.15, 0.2) is 18.2 Å². The molecule has 1 aromatic heterocycles. The molecule has 1 fully saturated rings. The van der Waals surface area contributed by atoms with Gasteiger partial charge >= 0.3 is 0 Å². The normalized spacial score (nSPS) is 16.8. The second-order valence-electron chi connectivity index (χ2n) is 6.31. The van der Waals surface area contributed by atoms with Crippen molar-refractivity contribution in [3.05, 3.63) is 54.0 Å². The highest BCUT2D eigenvalue weighted by molar-refractivity contribution is 5.78. The van der Waals surface area contributed by atoms with Crippen LogP contribution in [0.1, 0.15) is 24.4 Å². The van der Waals surface area contributed by atoms with Crippen molar-refractivity contribution in [2.45, 2.75) is 18.9 Å². The lowest BCUT2D eigenvalue weighted by Crippen LogP contribution is -2.34. The number of rotatable bonds is 5. The molecule has 0 radical (unpaired) electrons. The van der Waals surface area contributed by atoms with Crippen molar-refractivity contribution in [1.82, 2.24) is 9.88 Å². The van der Waals surface area contributed by atoms with Crippen molar-refractivity contribution in [2.75, 3.05) is 32.1 Å². The van der Waals surface area contributed by atoms with Gasteiger partial charge in [-0.05, 0) is 42.7 Å². The lowest BCUT2D eigenvalue weighted by Gasteiger charge is -2.26. The van der Waals surface area contributed by atoms with Crippen LogP contribution in [0.2, 0.25) is 0 Å². The minimum absolute atomic E-state index is 0.0124. The van der Waals surface area contributed by atoms with Gasteiger partial charge in [-0.3, -0.25) is 4.79 Å². The van der Waals surface area contributed by atoms with Gasteiger partial charge in [-0.1, -0.05) is 12.1 Å².